The predicted molar refractivity (Wildman–Crippen MR) is 110 cm³/mol. The Morgan fingerprint density at radius 2 is 2.19 bits per heavy atom. The summed E-state index contributed by atoms with van der Waals surface area (Å²) in [7, 11) is -4.38. The maximum absolute atomic E-state index is 12.8. The molecule has 1 saturated heterocycles. The molecule has 0 radical (unpaired) electrons. The van der Waals surface area contributed by atoms with Crippen LogP contribution in [0.1, 0.15) is 30.2 Å². The molecular weight excluding hydrogens is 471 g/mol. The largest absolute Gasteiger partial charge is 0.534 e. The van der Waals surface area contributed by atoms with E-state index >= 15 is 0 Å². The van der Waals surface area contributed by atoms with E-state index in [2.05, 4.69) is 10.9 Å². The van der Waals surface area contributed by atoms with Crippen LogP contribution in [0.2, 0.25) is 5.02 Å². The normalized spacial score (nSPS) is 25.5. The number of nitrogens with one attached hydrogen (secondary N) is 1. The zero-order valence-electron chi connectivity index (χ0n) is 15.7. The minimum atomic E-state index is -4.38. The molecule has 1 aromatic heterocycles. The first kappa shape index (κ1) is 22.2. The summed E-state index contributed by atoms with van der Waals surface area (Å²) >= 11 is 11.0. The van der Waals surface area contributed by atoms with Gasteiger partial charge in [0.2, 0.25) is 0 Å². The van der Waals surface area contributed by atoms with Crippen molar-refractivity contribution in [1.29, 1.82) is 0 Å². The summed E-state index contributed by atoms with van der Waals surface area (Å²) in [5.74, 6) is -0.594. The first-order valence-electron chi connectivity index (χ1n) is 8.96. The molecular formula is C18H16ClN2O8PS. The van der Waals surface area contributed by atoms with E-state index in [0.29, 0.717) is 10.6 Å². The number of phosphoric acid groups is 1. The molecule has 2 aliphatic heterocycles. The molecule has 0 amide bonds. The van der Waals surface area contributed by atoms with Gasteiger partial charge in [0.05, 0.1) is 6.61 Å². The topological polar surface area (TPSA) is 132 Å². The number of fused-ring (bicyclic) bond motifs is 1. The highest BCUT2D eigenvalue weighted by molar-refractivity contribution is 7.71. The second-order valence-corrected chi connectivity index (χ2v) is 9.17. The zero-order chi connectivity index (χ0) is 22.4. The van der Waals surface area contributed by atoms with Crippen molar-refractivity contribution in [3.05, 3.63) is 55.7 Å². The number of hydrogen-bond donors (Lipinski definition) is 3. The van der Waals surface area contributed by atoms with E-state index in [0.717, 1.165) is 0 Å². The fourth-order valence-corrected chi connectivity index (χ4v) is 4.98. The Hall–Kier alpha value is -2.00. The van der Waals surface area contributed by atoms with Gasteiger partial charge in [0.1, 0.15) is 23.6 Å². The minimum Gasteiger partial charge on any atom is -0.404 e. The van der Waals surface area contributed by atoms with Gasteiger partial charge in [-0.3, -0.25) is 18.9 Å². The Morgan fingerprint density at radius 3 is 2.94 bits per heavy atom. The van der Waals surface area contributed by atoms with Crippen molar-refractivity contribution in [3.8, 4) is 18.1 Å². The Labute approximate surface area is 185 Å². The van der Waals surface area contributed by atoms with Gasteiger partial charge in [0.25, 0.3) is 5.56 Å². The Balaban J connectivity index is 1.50. The average Bonchev–Trinajstić information content (AvgIpc) is 3.19. The number of nitrogens with zero attached hydrogens (tertiary/aromatic N) is 1. The fraction of sp³-hybridized carbons (Fsp3) is 0.333. The smallest absolute Gasteiger partial charge is 0.404 e. The molecule has 0 spiro atoms. The van der Waals surface area contributed by atoms with E-state index in [4.69, 9.17) is 48.6 Å². The number of ether oxygens (including phenoxy) is 1. The third kappa shape index (κ3) is 4.48. The maximum atomic E-state index is 12.8. The molecule has 3 unspecified atom stereocenters. The number of aromatic amines is 1. The summed E-state index contributed by atoms with van der Waals surface area (Å²) in [6.07, 6.45) is 4.90. The Kier molecular flexibility index (Phi) is 5.85. The molecule has 4 rings (SSSR count). The Bertz CT molecular complexity index is 1240. The van der Waals surface area contributed by atoms with Crippen molar-refractivity contribution in [2.75, 3.05) is 0 Å². The molecule has 3 N–H and O–H groups in total. The average molecular weight is 487 g/mol. The van der Waals surface area contributed by atoms with Crippen molar-refractivity contribution in [2.24, 2.45) is 0 Å². The molecule has 0 bridgehead atoms. The second-order valence-electron chi connectivity index (χ2n) is 6.82. The van der Waals surface area contributed by atoms with Gasteiger partial charge in [-0.05, 0) is 43.3 Å². The Morgan fingerprint density at radius 1 is 1.42 bits per heavy atom. The summed E-state index contributed by atoms with van der Waals surface area (Å²) < 4.78 is 35.2. The molecule has 3 heterocycles. The van der Waals surface area contributed by atoms with Crippen LogP contribution >= 0.6 is 31.6 Å². The van der Waals surface area contributed by atoms with Gasteiger partial charge in [-0.2, -0.15) is 0 Å². The predicted octanol–water partition coefficient (Wildman–Crippen LogP) is 2.59. The van der Waals surface area contributed by atoms with Crippen LogP contribution in [-0.4, -0.2) is 31.8 Å². The quantitative estimate of drug-likeness (QED) is 0.258. The van der Waals surface area contributed by atoms with Crippen LogP contribution in [0.5, 0.6) is 5.75 Å². The lowest BCUT2D eigenvalue weighted by Crippen LogP contribution is -2.44. The standard InChI is InChI=1S/C18H16ClN2O8PS/c1-2-10-8-21(17(31)20-16(10)22)15-6-5-14(27-15)18(23,24)29-30(25)26-9-11-7-12(19)3-4-13(11)28-30/h1,3-4,7-8,14-15,23-24H,5-6,9H2,(H,20,22,31). The van der Waals surface area contributed by atoms with Crippen LogP contribution in [0.25, 0.3) is 0 Å². The van der Waals surface area contributed by atoms with Crippen molar-refractivity contribution < 1.29 is 33.1 Å². The number of hydrogen-bond acceptors (Lipinski definition) is 9. The third-order valence-electron chi connectivity index (χ3n) is 4.71. The van der Waals surface area contributed by atoms with Crippen LogP contribution in [-0.2, 0) is 25.0 Å². The number of rotatable bonds is 4. The molecule has 164 valence electrons. The fourth-order valence-electron chi connectivity index (χ4n) is 3.22. The minimum absolute atomic E-state index is 0.0309. The first-order valence-corrected chi connectivity index (χ1v) is 11.2. The molecule has 1 fully saturated rings. The molecule has 0 aliphatic carbocycles. The highest BCUT2D eigenvalue weighted by Crippen LogP contribution is 2.57. The molecule has 1 aromatic carbocycles. The van der Waals surface area contributed by atoms with Crippen LogP contribution in [0.4, 0.5) is 0 Å². The van der Waals surface area contributed by atoms with E-state index in [1.165, 1.54) is 22.9 Å². The number of terminal acetylenes is 1. The number of phosphoric ester groups is 1. The van der Waals surface area contributed by atoms with Crippen molar-refractivity contribution in [1.82, 2.24) is 9.55 Å². The third-order valence-corrected chi connectivity index (χ3v) is 6.61. The molecule has 3 atom stereocenters. The van der Waals surface area contributed by atoms with Gasteiger partial charge >= 0.3 is 13.8 Å². The van der Waals surface area contributed by atoms with Gasteiger partial charge in [0, 0.05) is 16.8 Å². The van der Waals surface area contributed by atoms with Crippen LogP contribution in [0.15, 0.2) is 29.2 Å². The van der Waals surface area contributed by atoms with Gasteiger partial charge in [-0.25, -0.2) is 9.09 Å². The lowest BCUT2D eigenvalue weighted by atomic mass is 10.2. The summed E-state index contributed by atoms with van der Waals surface area (Å²) in [6.45, 7) is -0.168. The SMILES string of the molecule is C#Cc1cn(C2CCC(C(O)(O)OP3(=O)OCc4cc(Cl)ccc4O3)O2)c(=S)[nH]c1=O. The molecule has 0 saturated carbocycles. The van der Waals surface area contributed by atoms with Crippen molar-refractivity contribution in [3.63, 3.8) is 0 Å². The molecule has 13 heteroatoms. The van der Waals surface area contributed by atoms with Crippen LogP contribution in [0.3, 0.4) is 0 Å². The van der Waals surface area contributed by atoms with Gasteiger partial charge < -0.3 is 19.5 Å². The van der Waals surface area contributed by atoms with Gasteiger partial charge in [0.15, 0.2) is 4.77 Å². The molecule has 2 aliphatic rings. The molecule has 31 heavy (non-hydrogen) atoms. The van der Waals surface area contributed by atoms with Gasteiger partial charge in [-0.15, -0.1) is 6.42 Å². The number of halogens is 1. The molecule has 10 nitrogen and oxygen atoms in total. The summed E-state index contributed by atoms with van der Waals surface area (Å²) in [4.78, 5) is 14.2. The first-order chi connectivity index (χ1) is 14.6. The zero-order valence-corrected chi connectivity index (χ0v) is 18.2. The number of aromatic nitrogens is 2. The maximum Gasteiger partial charge on any atom is 0.534 e. The van der Waals surface area contributed by atoms with Crippen molar-refractivity contribution in [2.45, 2.75) is 37.8 Å². The monoisotopic (exact) mass is 486 g/mol. The van der Waals surface area contributed by atoms with Crippen LogP contribution in [0, 0.1) is 17.1 Å². The summed E-state index contributed by atoms with van der Waals surface area (Å²) in [5, 5.41) is 21.3. The summed E-state index contributed by atoms with van der Waals surface area (Å²) in [5.41, 5.74) is 0.0351. The number of H-pyrrole nitrogens is 1. The lowest BCUT2D eigenvalue weighted by molar-refractivity contribution is -0.349. The highest BCUT2D eigenvalue weighted by Gasteiger charge is 2.50. The van der Waals surface area contributed by atoms with Gasteiger partial charge in [-0.1, -0.05) is 17.5 Å². The lowest BCUT2D eigenvalue weighted by Gasteiger charge is -2.32. The molecule has 2 aromatic rings. The highest BCUT2D eigenvalue weighted by atomic mass is 35.5. The van der Waals surface area contributed by atoms with E-state index in [1.807, 2.05) is 0 Å². The van der Waals surface area contributed by atoms with E-state index in [-0.39, 0.29) is 35.5 Å². The number of aliphatic hydroxyl groups is 2. The van der Waals surface area contributed by atoms with Crippen molar-refractivity contribution >= 4 is 31.6 Å². The summed E-state index contributed by atoms with van der Waals surface area (Å²) in [6, 6.07) is 4.55. The van der Waals surface area contributed by atoms with E-state index in [1.54, 1.807) is 6.07 Å². The second kappa shape index (κ2) is 8.16. The number of benzene rings is 1. The van der Waals surface area contributed by atoms with E-state index in [9.17, 15) is 19.6 Å². The van der Waals surface area contributed by atoms with Crippen LogP contribution < -0.4 is 10.1 Å². The van der Waals surface area contributed by atoms with E-state index < -0.39 is 31.7 Å².